The Morgan fingerprint density at radius 3 is 2.56 bits per heavy atom. The topological polar surface area (TPSA) is 62.3 Å². The predicted molar refractivity (Wildman–Crippen MR) is 64.3 cm³/mol. The van der Waals surface area contributed by atoms with E-state index < -0.39 is 10.0 Å². The molecule has 0 fully saturated rings. The average Bonchev–Trinajstić information content (AvgIpc) is 2.26. The summed E-state index contributed by atoms with van der Waals surface area (Å²) in [6, 6.07) is 3.13. The second-order valence-electron chi connectivity index (χ2n) is 3.28. The van der Waals surface area contributed by atoms with Crippen molar-refractivity contribution in [1.29, 1.82) is 0 Å². The summed E-state index contributed by atoms with van der Waals surface area (Å²) in [4.78, 5) is 4.16. The van der Waals surface area contributed by atoms with Crippen LogP contribution in [0.4, 0.5) is 5.82 Å². The Morgan fingerprint density at radius 2 is 2.12 bits per heavy atom. The minimum atomic E-state index is -3.40. The van der Waals surface area contributed by atoms with E-state index in [2.05, 4.69) is 10.3 Å². The van der Waals surface area contributed by atoms with Gasteiger partial charge in [-0.3, -0.25) is 0 Å². The molecule has 0 aliphatic carbocycles. The van der Waals surface area contributed by atoms with Crippen molar-refractivity contribution in [1.82, 2.24) is 9.29 Å². The molecular formula is C9H14ClN3O2S. The minimum absolute atomic E-state index is 0.175. The molecule has 0 aliphatic rings. The van der Waals surface area contributed by atoms with Crippen LogP contribution < -0.4 is 5.32 Å². The third kappa shape index (κ3) is 3.07. The van der Waals surface area contributed by atoms with Crippen molar-refractivity contribution >= 4 is 27.4 Å². The van der Waals surface area contributed by atoms with Gasteiger partial charge in [-0.15, -0.1) is 11.6 Å². The smallest absolute Gasteiger partial charge is 0.244 e. The summed E-state index contributed by atoms with van der Waals surface area (Å²) in [6.45, 7) is 0.592. The van der Waals surface area contributed by atoms with Crippen LogP contribution in [-0.4, -0.2) is 44.2 Å². The van der Waals surface area contributed by atoms with E-state index >= 15 is 0 Å². The second kappa shape index (κ2) is 5.47. The van der Waals surface area contributed by atoms with E-state index in [-0.39, 0.29) is 4.90 Å². The fourth-order valence-corrected chi connectivity index (χ4v) is 1.97. The molecule has 1 rings (SSSR count). The molecule has 0 amide bonds. The molecule has 90 valence electrons. The summed E-state index contributed by atoms with van der Waals surface area (Å²) in [6.07, 6.45) is 1.33. The van der Waals surface area contributed by atoms with Crippen LogP contribution in [0.3, 0.4) is 0 Å². The zero-order valence-corrected chi connectivity index (χ0v) is 10.7. The Labute approximate surface area is 100 Å². The first kappa shape index (κ1) is 13.2. The van der Waals surface area contributed by atoms with Gasteiger partial charge in [0.25, 0.3) is 0 Å². The van der Waals surface area contributed by atoms with Gasteiger partial charge in [0, 0.05) is 32.7 Å². The zero-order chi connectivity index (χ0) is 12.2. The summed E-state index contributed by atoms with van der Waals surface area (Å²) in [5.41, 5.74) is 0. The van der Waals surface area contributed by atoms with Crippen molar-refractivity contribution in [3.05, 3.63) is 18.3 Å². The molecule has 0 aliphatic heterocycles. The fraction of sp³-hybridized carbons (Fsp3) is 0.444. The Balaban J connectivity index is 2.87. The standard InChI is InChI=1S/C9H14ClN3O2S/c1-13(2)16(14,15)8-3-4-9(12-7-8)11-6-5-10/h3-4,7H,5-6H2,1-2H3,(H,11,12). The maximum absolute atomic E-state index is 11.7. The largest absolute Gasteiger partial charge is 0.369 e. The Bertz CT molecular complexity index is 431. The number of aromatic nitrogens is 1. The zero-order valence-electron chi connectivity index (χ0n) is 9.14. The van der Waals surface area contributed by atoms with Gasteiger partial charge in [-0.05, 0) is 12.1 Å². The van der Waals surface area contributed by atoms with Crippen molar-refractivity contribution in [2.45, 2.75) is 4.90 Å². The van der Waals surface area contributed by atoms with Crippen molar-refractivity contribution in [3.8, 4) is 0 Å². The van der Waals surface area contributed by atoms with Gasteiger partial charge in [0.15, 0.2) is 0 Å². The molecule has 7 heteroatoms. The van der Waals surface area contributed by atoms with E-state index in [9.17, 15) is 8.42 Å². The molecule has 1 aromatic heterocycles. The number of sulfonamides is 1. The lowest BCUT2D eigenvalue weighted by molar-refractivity contribution is 0.520. The van der Waals surface area contributed by atoms with Crippen LogP contribution in [0.25, 0.3) is 0 Å². The van der Waals surface area contributed by atoms with Crippen LogP contribution in [0.15, 0.2) is 23.2 Å². The molecule has 1 heterocycles. The van der Waals surface area contributed by atoms with Gasteiger partial charge in [-0.1, -0.05) is 0 Å². The first-order valence-electron chi connectivity index (χ1n) is 4.67. The summed E-state index contributed by atoms with van der Waals surface area (Å²) in [5, 5.41) is 2.95. The highest BCUT2D eigenvalue weighted by molar-refractivity contribution is 7.89. The van der Waals surface area contributed by atoms with Gasteiger partial charge >= 0.3 is 0 Å². The molecule has 0 atom stereocenters. The predicted octanol–water partition coefficient (Wildman–Crippen LogP) is 0.983. The van der Waals surface area contributed by atoms with Crippen molar-refractivity contribution in [2.75, 3.05) is 31.8 Å². The second-order valence-corrected chi connectivity index (χ2v) is 5.81. The van der Waals surface area contributed by atoms with Gasteiger partial charge in [0.2, 0.25) is 10.0 Å². The number of hydrogen-bond donors (Lipinski definition) is 1. The van der Waals surface area contributed by atoms with Crippen molar-refractivity contribution in [3.63, 3.8) is 0 Å². The van der Waals surface area contributed by atoms with Crippen LogP contribution in [0.5, 0.6) is 0 Å². The number of halogens is 1. The number of anilines is 1. The molecule has 0 bridgehead atoms. The molecule has 5 nitrogen and oxygen atoms in total. The highest BCUT2D eigenvalue weighted by atomic mass is 35.5. The first-order chi connectivity index (χ1) is 7.48. The van der Waals surface area contributed by atoms with E-state index in [0.29, 0.717) is 18.2 Å². The molecular weight excluding hydrogens is 250 g/mol. The third-order valence-electron chi connectivity index (χ3n) is 1.92. The van der Waals surface area contributed by atoms with E-state index in [1.165, 1.54) is 26.4 Å². The molecule has 16 heavy (non-hydrogen) atoms. The average molecular weight is 264 g/mol. The van der Waals surface area contributed by atoms with E-state index in [0.717, 1.165) is 4.31 Å². The maximum Gasteiger partial charge on any atom is 0.244 e. The molecule has 0 unspecified atom stereocenters. The van der Waals surface area contributed by atoms with Crippen LogP contribution in [0.2, 0.25) is 0 Å². The Hall–Kier alpha value is -0.850. The van der Waals surface area contributed by atoms with Gasteiger partial charge in [0.05, 0.1) is 0 Å². The van der Waals surface area contributed by atoms with Crippen molar-refractivity contribution in [2.24, 2.45) is 0 Å². The van der Waals surface area contributed by atoms with Crippen LogP contribution >= 0.6 is 11.6 Å². The van der Waals surface area contributed by atoms with Crippen LogP contribution in [-0.2, 0) is 10.0 Å². The lowest BCUT2D eigenvalue weighted by Gasteiger charge is -2.11. The first-order valence-corrected chi connectivity index (χ1v) is 6.64. The number of rotatable bonds is 5. The molecule has 0 spiro atoms. The lowest BCUT2D eigenvalue weighted by atomic mass is 10.4. The SMILES string of the molecule is CN(C)S(=O)(=O)c1ccc(NCCCl)nc1. The molecule has 0 saturated carbocycles. The minimum Gasteiger partial charge on any atom is -0.369 e. The summed E-state index contributed by atoms with van der Waals surface area (Å²) in [5.74, 6) is 1.08. The summed E-state index contributed by atoms with van der Waals surface area (Å²) < 4.78 is 24.6. The van der Waals surface area contributed by atoms with Gasteiger partial charge < -0.3 is 5.32 Å². The quantitative estimate of drug-likeness (QED) is 0.805. The van der Waals surface area contributed by atoms with Crippen LogP contribution in [0, 0.1) is 0 Å². The highest BCUT2D eigenvalue weighted by Gasteiger charge is 2.16. The van der Waals surface area contributed by atoms with Crippen LogP contribution in [0.1, 0.15) is 0 Å². The number of alkyl halides is 1. The Morgan fingerprint density at radius 1 is 1.44 bits per heavy atom. The number of pyridine rings is 1. The highest BCUT2D eigenvalue weighted by Crippen LogP contribution is 2.13. The van der Waals surface area contributed by atoms with Gasteiger partial charge in [0.1, 0.15) is 10.7 Å². The summed E-state index contributed by atoms with van der Waals surface area (Å²) >= 11 is 5.50. The molecule has 1 N–H and O–H groups in total. The third-order valence-corrected chi connectivity index (χ3v) is 3.90. The van der Waals surface area contributed by atoms with E-state index in [1.807, 2.05) is 0 Å². The normalized spacial score (nSPS) is 11.8. The number of nitrogens with zero attached hydrogens (tertiary/aromatic N) is 2. The Kier molecular flexibility index (Phi) is 4.52. The lowest BCUT2D eigenvalue weighted by Crippen LogP contribution is -2.22. The van der Waals surface area contributed by atoms with E-state index in [4.69, 9.17) is 11.6 Å². The molecule has 0 aromatic carbocycles. The molecule has 0 radical (unpaired) electrons. The molecule has 1 aromatic rings. The summed E-state index contributed by atoms with van der Waals surface area (Å²) in [7, 11) is -0.435. The fourth-order valence-electron chi connectivity index (χ4n) is 1.02. The van der Waals surface area contributed by atoms with Crippen molar-refractivity contribution < 1.29 is 8.42 Å². The van der Waals surface area contributed by atoms with Gasteiger partial charge in [-0.25, -0.2) is 17.7 Å². The maximum atomic E-state index is 11.7. The number of nitrogens with one attached hydrogen (secondary N) is 1. The molecule has 0 saturated heterocycles. The number of hydrogen-bond acceptors (Lipinski definition) is 4. The monoisotopic (exact) mass is 263 g/mol. The van der Waals surface area contributed by atoms with Gasteiger partial charge in [-0.2, -0.15) is 0 Å². The van der Waals surface area contributed by atoms with E-state index in [1.54, 1.807) is 6.07 Å².